The summed E-state index contributed by atoms with van der Waals surface area (Å²) in [5, 5.41) is 5.37. The summed E-state index contributed by atoms with van der Waals surface area (Å²) in [7, 11) is 0. The first-order valence-corrected chi connectivity index (χ1v) is 10.7. The van der Waals surface area contributed by atoms with Crippen LogP contribution in [0.15, 0.2) is 48.7 Å². The number of carbonyl (C=O) groups is 2. The van der Waals surface area contributed by atoms with Crippen molar-refractivity contribution in [1.82, 2.24) is 14.9 Å². The maximum Gasteiger partial charge on any atom is 0.254 e. The molecule has 6 nitrogen and oxygen atoms in total. The summed E-state index contributed by atoms with van der Waals surface area (Å²) in [6.07, 6.45) is 5.93. The SMILES string of the molecule is O=C(CCCNC(=O)c1ccc(F)cc1F)Nc1ccc(-c2ncc3n2CCCC3)cc1. The van der Waals surface area contributed by atoms with Gasteiger partial charge in [-0.2, -0.15) is 0 Å². The van der Waals surface area contributed by atoms with Crippen LogP contribution < -0.4 is 10.6 Å². The number of fused-ring (bicyclic) bond motifs is 1. The van der Waals surface area contributed by atoms with Crippen molar-refractivity contribution in [2.24, 2.45) is 0 Å². The van der Waals surface area contributed by atoms with E-state index >= 15 is 0 Å². The second kappa shape index (κ2) is 9.72. The molecule has 0 saturated carbocycles. The van der Waals surface area contributed by atoms with Crippen LogP contribution in [0.25, 0.3) is 11.4 Å². The van der Waals surface area contributed by atoms with Crippen molar-refractivity contribution < 1.29 is 18.4 Å². The summed E-state index contributed by atoms with van der Waals surface area (Å²) < 4.78 is 28.8. The van der Waals surface area contributed by atoms with E-state index in [9.17, 15) is 18.4 Å². The molecule has 166 valence electrons. The molecule has 2 N–H and O–H groups in total. The number of hydrogen-bond acceptors (Lipinski definition) is 3. The third kappa shape index (κ3) is 5.01. The molecule has 0 bridgehead atoms. The van der Waals surface area contributed by atoms with Crippen LogP contribution in [0.5, 0.6) is 0 Å². The fraction of sp³-hybridized carbons (Fsp3) is 0.292. The van der Waals surface area contributed by atoms with Crippen LogP contribution >= 0.6 is 0 Å². The second-order valence-corrected chi connectivity index (χ2v) is 7.79. The van der Waals surface area contributed by atoms with Crippen molar-refractivity contribution in [2.45, 2.75) is 38.6 Å². The third-order valence-corrected chi connectivity index (χ3v) is 5.47. The third-order valence-electron chi connectivity index (χ3n) is 5.47. The molecule has 0 saturated heterocycles. The number of aromatic nitrogens is 2. The van der Waals surface area contributed by atoms with E-state index in [-0.39, 0.29) is 24.4 Å². The zero-order valence-corrected chi connectivity index (χ0v) is 17.5. The minimum Gasteiger partial charge on any atom is -0.352 e. The van der Waals surface area contributed by atoms with Crippen molar-refractivity contribution >= 4 is 17.5 Å². The zero-order valence-electron chi connectivity index (χ0n) is 17.5. The minimum atomic E-state index is -0.917. The molecule has 0 fully saturated rings. The van der Waals surface area contributed by atoms with Gasteiger partial charge in [0.05, 0.1) is 5.56 Å². The quantitative estimate of drug-likeness (QED) is 0.540. The van der Waals surface area contributed by atoms with Gasteiger partial charge in [0.1, 0.15) is 17.5 Å². The normalized spacial score (nSPS) is 12.8. The van der Waals surface area contributed by atoms with Crippen LogP contribution in [0.2, 0.25) is 0 Å². The van der Waals surface area contributed by atoms with E-state index in [2.05, 4.69) is 20.2 Å². The maximum atomic E-state index is 13.6. The standard InChI is InChI=1S/C24H24F2N4O2/c25-17-8-11-20(21(26)14-17)24(32)27-12-3-5-22(31)29-18-9-6-16(7-10-18)23-28-15-19-4-1-2-13-30(19)23/h6-11,14-15H,1-5,12-13H2,(H,27,32)(H,29,31). The van der Waals surface area contributed by atoms with E-state index in [1.54, 1.807) is 0 Å². The van der Waals surface area contributed by atoms with E-state index in [1.807, 2.05) is 30.5 Å². The van der Waals surface area contributed by atoms with Crippen LogP contribution in [-0.2, 0) is 17.8 Å². The van der Waals surface area contributed by atoms with Crippen LogP contribution in [0.3, 0.4) is 0 Å². The van der Waals surface area contributed by atoms with Crippen molar-refractivity contribution in [3.8, 4) is 11.4 Å². The van der Waals surface area contributed by atoms with Gasteiger partial charge in [-0.15, -0.1) is 0 Å². The van der Waals surface area contributed by atoms with Crippen LogP contribution in [0, 0.1) is 11.6 Å². The number of nitrogens with zero attached hydrogens (tertiary/aromatic N) is 2. The van der Waals surface area contributed by atoms with Gasteiger partial charge >= 0.3 is 0 Å². The summed E-state index contributed by atoms with van der Waals surface area (Å²) in [4.78, 5) is 28.7. The number of anilines is 1. The molecule has 32 heavy (non-hydrogen) atoms. The monoisotopic (exact) mass is 438 g/mol. The van der Waals surface area contributed by atoms with Gasteiger partial charge in [0.2, 0.25) is 5.91 Å². The molecule has 0 atom stereocenters. The van der Waals surface area contributed by atoms with Gasteiger partial charge in [0.15, 0.2) is 0 Å². The summed E-state index contributed by atoms with van der Waals surface area (Å²) in [6, 6.07) is 10.4. The highest BCUT2D eigenvalue weighted by Crippen LogP contribution is 2.25. The van der Waals surface area contributed by atoms with Gasteiger partial charge < -0.3 is 15.2 Å². The number of rotatable bonds is 7. The van der Waals surface area contributed by atoms with Crippen LogP contribution in [-0.4, -0.2) is 27.9 Å². The minimum absolute atomic E-state index is 0.182. The highest BCUT2D eigenvalue weighted by molar-refractivity contribution is 5.94. The number of benzene rings is 2. The van der Waals surface area contributed by atoms with E-state index in [0.717, 1.165) is 42.9 Å². The molecule has 2 aromatic carbocycles. The number of amides is 2. The van der Waals surface area contributed by atoms with Crippen molar-refractivity contribution in [1.29, 1.82) is 0 Å². The van der Waals surface area contributed by atoms with Crippen molar-refractivity contribution in [2.75, 3.05) is 11.9 Å². The number of aryl methyl sites for hydroxylation is 1. The Balaban J connectivity index is 1.24. The molecule has 0 unspecified atom stereocenters. The summed E-state index contributed by atoms with van der Waals surface area (Å²) in [5.41, 5.74) is 2.72. The fourth-order valence-electron chi connectivity index (χ4n) is 3.81. The lowest BCUT2D eigenvalue weighted by Gasteiger charge is -2.16. The molecule has 1 aromatic heterocycles. The predicted molar refractivity (Wildman–Crippen MR) is 117 cm³/mol. The molecule has 1 aliphatic rings. The molecule has 0 spiro atoms. The Morgan fingerprint density at radius 1 is 1.06 bits per heavy atom. The topological polar surface area (TPSA) is 76.0 Å². The number of hydrogen-bond donors (Lipinski definition) is 2. The van der Waals surface area contributed by atoms with Crippen molar-refractivity contribution in [3.05, 3.63) is 71.6 Å². The van der Waals surface area contributed by atoms with E-state index < -0.39 is 17.5 Å². The molecule has 2 amide bonds. The Morgan fingerprint density at radius 3 is 2.66 bits per heavy atom. The van der Waals surface area contributed by atoms with Gasteiger partial charge in [-0.05, 0) is 62.1 Å². The Hall–Kier alpha value is -3.55. The molecule has 0 aliphatic carbocycles. The number of imidazole rings is 1. The van der Waals surface area contributed by atoms with Crippen LogP contribution in [0.4, 0.5) is 14.5 Å². The zero-order chi connectivity index (χ0) is 22.5. The fourth-order valence-corrected chi connectivity index (χ4v) is 3.81. The van der Waals surface area contributed by atoms with E-state index in [4.69, 9.17) is 0 Å². The van der Waals surface area contributed by atoms with Crippen LogP contribution in [0.1, 0.15) is 41.7 Å². The Morgan fingerprint density at radius 2 is 1.88 bits per heavy atom. The number of nitrogens with one attached hydrogen (secondary N) is 2. The lowest BCUT2D eigenvalue weighted by Crippen LogP contribution is -2.26. The van der Waals surface area contributed by atoms with Crippen molar-refractivity contribution in [3.63, 3.8) is 0 Å². The number of halogens is 2. The second-order valence-electron chi connectivity index (χ2n) is 7.79. The van der Waals surface area contributed by atoms with E-state index in [0.29, 0.717) is 18.2 Å². The van der Waals surface area contributed by atoms with Gasteiger partial charge in [0, 0.05) is 48.7 Å². The highest BCUT2D eigenvalue weighted by Gasteiger charge is 2.15. The first-order valence-electron chi connectivity index (χ1n) is 10.7. The maximum absolute atomic E-state index is 13.6. The Labute approximate surface area is 184 Å². The van der Waals surface area contributed by atoms with Gasteiger partial charge in [-0.25, -0.2) is 13.8 Å². The first kappa shape index (κ1) is 21.7. The predicted octanol–water partition coefficient (Wildman–Crippen LogP) is 4.31. The average Bonchev–Trinajstić information content (AvgIpc) is 3.21. The van der Waals surface area contributed by atoms with Gasteiger partial charge in [-0.3, -0.25) is 9.59 Å². The molecular formula is C24H24F2N4O2. The summed E-state index contributed by atoms with van der Waals surface area (Å²) in [6.45, 7) is 1.18. The smallest absolute Gasteiger partial charge is 0.254 e. The Bertz CT molecular complexity index is 1130. The van der Waals surface area contributed by atoms with Gasteiger partial charge in [-0.1, -0.05) is 0 Å². The summed E-state index contributed by atoms with van der Waals surface area (Å²) in [5.74, 6) is -1.53. The molecule has 0 radical (unpaired) electrons. The van der Waals surface area contributed by atoms with E-state index in [1.165, 1.54) is 12.1 Å². The molecule has 8 heteroatoms. The molecule has 1 aliphatic heterocycles. The number of carbonyl (C=O) groups excluding carboxylic acids is 2. The molecule has 3 aromatic rings. The molecular weight excluding hydrogens is 414 g/mol. The Kier molecular flexibility index (Phi) is 6.58. The lowest BCUT2D eigenvalue weighted by atomic mass is 10.1. The lowest BCUT2D eigenvalue weighted by molar-refractivity contribution is -0.116. The average molecular weight is 438 g/mol. The largest absolute Gasteiger partial charge is 0.352 e. The first-order chi connectivity index (χ1) is 15.5. The molecule has 4 rings (SSSR count). The molecule has 2 heterocycles. The summed E-state index contributed by atoms with van der Waals surface area (Å²) >= 11 is 0. The highest BCUT2D eigenvalue weighted by atomic mass is 19.1. The van der Waals surface area contributed by atoms with Gasteiger partial charge in [0.25, 0.3) is 5.91 Å².